The van der Waals surface area contributed by atoms with Crippen molar-refractivity contribution >= 4 is 17.7 Å². The summed E-state index contributed by atoms with van der Waals surface area (Å²) in [5.41, 5.74) is -1.34. The fourth-order valence-electron chi connectivity index (χ4n) is 4.14. The second-order valence-electron chi connectivity index (χ2n) is 8.51. The Morgan fingerprint density at radius 1 is 1.08 bits per heavy atom. The van der Waals surface area contributed by atoms with Gasteiger partial charge in [-0.05, 0) is 42.3 Å². The van der Waals surface area contributed by atoms with E-state index in [0.717, 1.165) is 16.8 Å². The number of carbonyl (C=O) groups is 2. The number of carbonyl (C=O) groups excluding carboxylic acids is 1. The number of nitrogens with one attached hydrogen (secondary N) is 1. The molecule has 2 aromatic carbocycles. The van der Waals surface area contributed by atoms with Gasteiger partial charge in [-0.25, -0.2) is 9.48 Å². The van der Waals surface area contributed by atoms with Crippen LogP contribution in [0.15, 0.2) is 48.5 Å². The fourth-order valence-corrected chi connectivity index (χ4v) is 4.14. The van der Waals surface area contributed by atoms with E-state index in [1.807, 2.05) is 0 Å². The highest BCUT2D eigenvalue weighted by atomic mass is 19.4. The Morgan fingerprint density at radius 2 is 1.76 bits per heavy atom. The number of anilines is 1. The van der Waals surface area contributed by atoms with Gasteiger partial charge in [-0.15, -0.1) is 13.2 Å². The molecule has 4 rings (SSSR count). The van der Waals surface area contributed by atoms with Crippen molar-refractivity contribution in [3.05, 3.63) is 76.5 Å². The lowest BCUT2D eigenvalue weighted by Gasteiger charge is -2.21. The number of carboxylic acids is 1. The van der Waals surface area contributed by atoms with Crippen LogP contribution >= 0.6 is 0 Å². The zero-order valence-electron chi connectivity index (χ0n) is 19.6. The van der Waals surface area contributed by atoms with Gasteiger partial charge in [-0.2, -0.15) is 18.3 Å². The number of aromatic carboxylic acids is 1. The van der Waals surface area contributed by atoms with Crippen molar-refractivity contribution in [2.75, 3.05) is 11.4 Å². The summed E-state index contributed by atoms with van der Waals surface area (Å²) in [7, 11) is 0. The van der Waals surface area contributed by atoms with Crippen molar-refractivity contribution in [1.29, 1.82) is 0 Å². The molecule has 3 aromatic rings. The van der Waals surface area contributed by atoms with Crippen LogP contribution in [0.5, 0.6) is 5.75 Å². The number of aromatic nitrogens is 2. The van der Waals surface area contributed by atoms with Crippen LogP contribution in [-0.4, -0.2) is 39.7 Å². The van der Waals surface area contributed by atoms with Gasteiger partial charge in [-0.3, -0.25) is 4.79 Å². The molecule has 14 heteroatoms. The highest BCUT2D eigenvalue weighted by Gasteiger charge is 2.44. The molecular formula is C24H20F6N4O4. The summed E-state index contributed by atoms with van der Waals surface area (Å²) in [4.78, 5) is 25.6. The minimum Gasteiger partial charge on any atom is -0.478 e. The first-order valence-corrected chi connectivity index (χ1v) is 11.1. The Balaban J connectivity index is 1.62. The molecule has 0 bridgehead atoms. The number of benzene rings is 2. The summed E-state index contributed by atoms with van der Waals surface area (Å²) in [5, 5.41) is 15.1. The first kappa shape index (κ1) is 26.8. The number of fused-ring (bicyclic) bond motifs is 1. The Labute approximate surface area is 211 Å². The molecule has 0 fully saturated rings. The number of hydrogen-bond donors (Lipinski definition) is 2. The third-order valence-corrected chi connectivity index (χ3v) is 5.81. The molecule has 1 aliphatic rings. The lowest BCUT2D eigenvalue weighted by atomic mass is 10.1. The lowest BCUT2D eigenvalue weighted by molar-refractivity contribution is -0.274. The summed E-state index contributed by atoms with van der Waals surface area (Å²) in [6, 6.07) is 9.69. The Hall–Kier alpha value is -4.23. The fraction of sp³-hybridized carbons (Fsp3) is 0.292. The molecule has 1 aromatic heterocycles. The zero-order valence-corrected chi connectivity index (χ0v) is 19.6. The van der Waals surface area contributed by atoms with Gasteiger partial charge in [0.2, 0.25) is 0 Å². The predicted octanol–water partition coefficient (Wildman–Crippen LogP) is 5.01. The molecule has 1 atom stereocenters. The molecule has 0 radical (unpaired) electrons. The molecule has 2 heterocycles. The number of halogens is 6. The van der Waals surface area contributed by atoms with Gasteiger partial charge in [0.15, 0.2) is 5.69 Å². The van der Waals surface area contributed by atoms with Crippen molar-refractivity contribution in [2.24, 2.45) is 0 Å². The van der Waals surface area contributed by atoms with E-state index in [0.29, 0.717) is 11.1 Å². The largest absolute Gasteiger partial charge is 0.573 e. The minimum absolute atomic E-state index is 0.00133. The molecule has 0 aliphatic carbocycles. The molecule has 0 saturated carbocycles. The van der Waals surface area contributed by atoms with Gasteiger partial charge in [-0.1, -0.05) is 24.3 Å². The molecular weight excluding hydrogens is 522 g/mol. The van der Waals surface area contributed by atoms with Crippen LogP contribution in [0.3, 0.4) is 0 Å². The van der Waals surface area contributed by atoms with E-state index in [4.69, 9.17) is 5.11 Å². The third kappa shape index (κ3) is 5.84. The topological polar surface area (TPSA) is 96.7 Å². The first-order chi connectivity index (χ1) is 17.7. The Morgan fingerprint density at radius 3 is 2.37 bits per heavy atom. The van der Waals surface area contributed by atoms with Crippen LogP contribution in [0.2, 0.25) is 0 Å². The number of rotatable bonds is 7. The lowest BCUT2D eigenvalue weighted by Crippen LogP contribution is -2.31. The second kappa shape index (κ2) is 9.91. The van der Waals surface area contributed by atoms with Gasteiger partial charge in [0, 0.05) is 13.1 Å². The quantitative estimate of drug-likeness (QED) is 0.408. The number of nitrogens with zero attached hydrogens (tertiary/aromatic N) is 3. The molecule has 8 nitrogen and oxygen atoms in total. The minimum atomic E-state index is -4.96. The molecule has 38 heavy (non-hydrogen) atoms. The SMILES string of the molecule is C[C@H](NC(=O)c1c(C(F)(F)F)nn2c1N(Cc1cccc(OC(F)(F)F)c1)CC2)c1ccc(C(=O)O)cc1. The number of alkyl halides is 6. The Kier molecular flexibility index (Phi) is 7.00. The van der Waals surface area contributed by atoms with E-state index in [9.17, 15) is 35.9 Å². The monoisotopic (exact) mass is 542 g/mol. The highest BCUT2D eigenvalue weighted by molar-refractivity contribution is 6.01. The molecule has 0 unspecified atom stereocenters. The van der Waals surface area contributed by atoms with E-state index in [1.54, 1.807) is 0 Å². The average Bonchev–Trinajstić information content (AvgIpc) is 3.38. The average molecular weight is 542 g/mol. The summed E-state index contributed by atoms with van der Waals surface area (Å²) in [6.07, 6.45) is -9.87. The van der Waals surface area contributed by atoms with Gasteiger partial charge < -0.3 is 20.1 Å². The van der Waals surface area contributed by atoms with Crippen molar-refractivity contribution in [1.82, 2.24) is 15.1 Å². The van der Waals surface area contributed by atoms with Crippen molar-refractivity contribution in [3.63, 3.8) is 0 Å². The molecule has 2 N–H and O–H groups in total. The number of hydrogen-bond acceptors (Lipinski definition) is 5. The first-order valence-electron chi connectivity index (χ1n) is 11.1. The van der Waals surface area contributed by atoms with E-state index in [-0.39, 0.29) is 31.0 Å². The standard InChI is InChI=1S/C24H20F6N4O4/c1-13(15-5-7-16(8-6-15)22(36)37)31-20(35)18-19(23(25,26)27)32-34-10-9-33(21(18)34)12-14-3-2-4-17(11-14)38-24(28,29)30/h2-8,11,13H,9-10,12H2,1H3,(H,31,35)(H,36,37)/t13-/m0/s1. The molecule has 0 saturated heterocycles. The molecule has 1 aliphatic heterocycles. The van der Waals surface area contributed by atoms with Crippen LogP contribution in [0, 0.1) is 0 Å². The summed E-state index contributed by atoms with van der Waals surface area (Å²) >= 11 is 0. The van der Waals surface area contributed by atoms with E-state index in [2.05, 4.69) is 15.2 Å². The molecule has 0 spiro atoms. The van der Waals surface area contributed by atoms with Gasteiger partial charge in [0.05, 0.1) is 18.2 Å². The summed E-state index contributed by atoms with van der Waals surface area (Å²) in [5.74, 6) is -2.83. The van der Waals surface area contributed by atoms with Gasteiger partial charge in [0.25, 0.3) is 5.91 Å². The number of amides is 1. The smallest absolute Gasteiger partial charge is 0.478 e. The highest BCUT2D eigenvalue weighted by Crippen LogP contribution is 2.39. The van der Waals surface area contributed by atoms with E-state index >= 15 is 0 Å². The number of carboxylic acid groups (broad SMARTS) is 1. The normalized spacial score (nSPS) is 14.2. The van der Waals surface area contributed by atoms with Crippen LogP contribution < -0.4 is 15.0 Å². The van der Waals surface area contributed by atoms with Crippen LogP contribution in [0.1, 0.15) is 50.5 Å². The van der Waals surface area contributed by atoms with E-state index in [1.165, 1.54) is 48.2 Å². The van der Waals surface area contributed by atoms with Crippen molar-refractivity contribution in [2.45, 2.75) is 38.6 Å². The predicted molar refractivity (Wildman–Crippen MR) is 121 cm³/mol. The maximum atomic E-state index is 13.9. The van der Waals surface area contributed by atoms with Gasteiger partial charge >= 0.3 is 18.5 Å². The van der Waals surface area contributed by atoms with Crippen molar-refractivity contribution in [3.8, 4) is 5.75 Å². The second-order valence-corrected chi connectivity index (χ2v) is 8.51. The summed E-state index contributed by atoms with van der Waals surface area (Å²) < 4.78 is 84.3. The maximum absolute atomic E-state index is 13.9. The van der Waals surface area contributed by atoms with E-state index < -0.39 is 47.5 Å². The van der Waals surface area contributed by atoms with Gasteiger partial charge in [0.1, 0.15) is 17.1 Å². The Bertz CT molecular complexity index is 1350. The molecule has 202 valence electrons. The number of ether oxygens (including phenoxy) is 1. The van der Waals surface area contributed by atoms with Crippen LogP contribution in [0.4, 0.5) is 32.2 Å². The van der Waals surface area contributed by atoms with Crippen LogP contribution in [0.25, 0.3) is 0 Å². The third-order valence-electron chi connectivity index (χ3n) is 5.81. The van der Waals surface area contributed by atoms with Crippen molar-refractivity contribution < 1.29 is 45.8 Å². The summed E-state index contributed by atoms with van der Waals surface area (Å²) in [6.45, 7) is 1.60. The van der Waals surface area contributed by atoms with Crippen LogP contribution in [-0.2, 0) is 19.3 Å². The zero-order chi connectivity index (χ0) is 27.8. The maximum Gasteiger partial charge on any atom is 0.573 e. The molecule has 1 amide bonds.